The summed E-state index contributed by atoms with van der Waals surface area (Å²) in [5, 5.41) is 2.88. The number of benzene rings is 1. The first-order chi connectivity index (χ1) is 10.7. The van der Waals surface area contributed by atoms with Crippen LogP contribution >= 0.6 is 0 Å². The molecule has 0 radical (unpaired) electrons. The van der Waals surface area contributed by atoms with E-state index in [1.165, 1.54) is 18.5 Å². The largest absolute Gasteiger partial charge is 0.336 e. The second kappa shape index (κ2) is 5.01. The van der Waals surface area contributed by atoms with Crippen LogP contribution in [0, 0.1) is 11.6 Å². The predicted molar refractivity (Wildman–Crippen MR) is 77.9 cm³/mol. The van der Waals surface area contributed by atoms with Gasteiger partial charge < -0.3 is 9.88 Å². The third-order valence-corrected chi connectivity index (χ3v) is 3.83. The van der Waals surface area contributed by atoms with E-state index in [1.807, 2.05) is 0 Å². The van der Waals surface area contributed by atoms with Crippen molar-refractivity contribution in [1.82, 2.24) is 19.5 Å². The quantitative estimate of drug-likeness (QED) is 0.790. The molecule has 0 saturated heterocycles. The summed E-state index contributed by atoms with van der Waals surface area (Å²) in [6, 6.07) is 3.37. The molecule has 0 unspecified atom stereocenters. The molecule has 1 aromatic carbocycles. The standard InChI is InChI=1S/C15H13F2N5/c16-9-4-5-11(10(17)7-9)20-14-13-15(19-8-18-14)22-6-2-1-3-12(22)21-13/h4-5,7-8H,1-3,6H2,(H,18,19,20). The number of fused-ring (bicyclic) bond motifs is 3. The molecule has 0 amide bonds. The molecule has 0 spiro atoms. The number of aryl methyl sites for hydroxylation is 2. The first-order valence-electron chi connectivity index (χ1n) is 7.14. The molecule has 3 aromatic rings. The molecule has 0 aliphatic carbocycles. The van der Waals surface area contributed by atoms with Crippen LogP contribution in [0.1, 0.15) is 18.7 Å². The van der Waals surface area contributed by atoms with Gasteiger partial charge in [-0.1, -0.05) is 0 Å². The van der Waals surface area contributed by atoms with E-state index in [2.05, 4.69) is 24.8 Å². The van der Waals surface area contributed by atoms with Gasteiger partial charge in [0.25, 0.3) is 0 Å². The smallest absolute Gasteiger partial charge is 0.165 e. The van der Waals surface area contributed by atoms with E-state index in [9.17, 15) is 8.78 Å². The molecule has 0 atom stereocenters. The molecule has 5 nitrogen and oxygen atoms in total. The van der Waals surface area contributed by atoms with Gasteiger partial charge in [0.15, 0.2) is 17.0 Å². The number of rotatable bonds is 2. The summed E-state index contributed by atoms with van der Waals surface area (Å²) in [6.07, 6.45) is 4.53. The van der Waals surface area contributed by atoms with Crippen molar-refractivity contribution in [2.24, 2.45) is 0 Å². The SMILES string of the molecule is Fc1ccc(Nc2ncnc3c2nc2n3CCCC2)c(F)c1. The molecular formula is C15H13F2N5. The predicted octanol–water partition coefficient (Wildman–Crippen LogP) is 3.18. The number of nitrogens with zero attached hydrogens (tertiary/aromatic N) is 4. The van der Waals surface area contributed by atoms with Crippen LogP contribution in [0.15, 0.2) is 24.5 Å². The minimum atomic E-state index is -0.671. The molecule has 0 saturated carbocycles. The minimum Gasteiger partial charge on any atom is -0.336 e. The number of aromatic nitrogens is 4. The van der Waals surface area contributed by atoms with E-state index in [-0.39, 0.29) is 5.69 Å². The van der Waals surface area contributed by atoms with Gasteiger partial charge in [-0.3, -0.25) is 0 Å². The van der Waals surface area contributed by atoms with Crippen molar-refractivity contribution in [3.8, 4) is 0 Å². The second-order valence-corrected chi connectivity index (χ2v) is 5.28. The molecule has 2 aromatic heterocycles. The number of hydrogen-bond acceptors (Lipinski definition) is 4. The molecule has 22 heavy (non-hydrogen) atoms. The van der Waals surface area contributed by atoms with Crippen molar-refractivity contribution < 1.29 is 8.78 Å². The molecule has 4 rings (SSSR count). The minimum absolute atomic E-state index is 0.160. The lowest BCUT2D eigenvalue weighted by Gasteiger charge is -2.13. The maximum absolute atomic E-state index is 13.8. The van der Waals surface area contributed by atoms with Crippen molar-refractivity contribution in [2.45, 2.75) is 25.8 Å². The Kier molecular flexibility index (Phi) is 2.99. The van der Waals surface area contributed by atoms with Crippen LogP contribution < -0.4 is 5.32 Å². The van der Waals surface area contributed by atoms with Crippen LogP contribution in [0.5, 0.6) is 0 Å². The number of nitrogens with one attached hydrogen (secondary N) is 1. The van der Waals surface area contributed by atoms with Gasteiger partial charge in [-0.05, 0) is 25.0 Å². The third-order valence-electron chi connectivity index (χ3n) is 3.83. The van der Waals surface area contributed by atoms with Gasteiger partial charge in [-0.2, -0.15) is 0 Å². The summed E-state index contributed by atoms with van der Waals surface area (Å²) in [5.74, 6) is 0.117. The lowest BCUT2D eigenvalue weighted by Crippen LogP contribution is -2.10. The summed E-state index contributed by atoms with van der Waals surface area (Å²) < 4.78 is 28.9. The first-order valence-corrected chi connectivity index (χ1v) is 7.14. The highest BCUT2D eigenvalue weighted by atomic mass is 19.1. The van der Waals surface area contributed by atoms with E-state index < -0.39 is 11.6 Å². The van der Waals surface area contributed by atoms with Crippen molar-refractivity contribution >= 4 is 22.7 Å². The lowest BCUT2D eigenvalue weighted by atomic mass is 10.2. The highest BCUT2D eigenvalue weighted by Crippen LogP contribution is 2.27. The van der Waals surface area contributed by atoms with Crippen molar-refractivity contribution in [3.05, 3.63) is 42.0 Å². The van der Waals surface area contributed by atoms with Gasteiger partial charge in [-0.15, -0.1) is 0 Å². The van der Waals surface area contributed by atoms with E-state index in [4.69, 9.17) is 0 Å². The van der Waals surface area contributed by atoms with Gasteiger partial charge in [-0.25, -0.2) is 23.7 Å². The lowest BCUT2D eigenvalue weighted by molar-refractivity contribution is 0.530. The molecule has 112 valence electrons. The maximum atomic E-state index is 13.8. The van der Waals surface area contributed by atoms with E-state index in [1.54, 1.807) is 0 Å². The van der Waals surface area contributed by atoms with Crippen LogP contribution in [0.2, 0.25) is 0 Å². The molecule has 3 heterocycles. The summed E-state index contributed by atoms with van der Waals surface area (Å²) in [5.41, 5.74) is 1.52. The van der Waals surface area contributed by atoms with Crippen LogP contribution in [-0.4, -0.2) is 19.5 Å². The van der Waals surface area contributed by atoms with Crippen molar-refractivity contribution in [1.29, 1.82) is 0 Å². The van der Waals surface area contributed by atoms with E-state index >= 15 is 0 Å². The summed E-state index contributed by atoms with van der Waals surface area (Å²) in [4.78, 5) is 13.0. The van der Waals surface area contributed by atoms with Crippen LogP contribution in [-0.2, 0) is 13.0 Å². The Bertz CT molecular complexity index is 859. The molecule has 1 aliphatic rings. The number of halogens is 2. The second-order valence-electron chi connectivity index (χ2n) is 5.28. The van der Waals surface area contributed by atoms with Crippen LogP contribution in [0.25, 0.3) is 11.2 Å². The fraction of sp³-hybridized carbons (Fsp3) is 0.267. The zero-order valence-corrected chi connectivity index (χ0v) is 11.7. The molecule has 1 aliphatic heterocycles. The number of anilines is 2. The molecular weight excluding hydrogens is 288 g/mol. The van der Waals surface area contributed by atoms with Gasteiger partial charge in [0, 0.05) is 19.0 Å². The highest BCUT2D eigenvalue weighted by Gasteiger charge is 2.18. The fourth-order valence-corrected chi connectivity index (χ4v) is 2.77. The van der Waals surface area contributed by atoms with Gasteiger partial charge in [0.05, 0.1) is 5.69 Å². The fourth-order valence-electron chi connectivity index (χ4n) is 2.77. The molecule has 7 heteroatoms. The number of hydrogen-bond donors (Lipinski definition) is 1. The Morgan fingerprint density at radius 2 is 2.05 bits per heavy atom. The summed E-state index contributed by atoms with van der Waals surface area (Å²) in [6.45, 7) is 0.882. The van der Waals surface area contributed by atoms with E-state index in [0.29, 0.717) is 11.3 Å². The Balaban J connectivity index is 1.80. The molecule has 0 bridgehead atoms. The van der Waals surface area contributed by atoms with Crippen LogP contribution in [0.3, 0.4) is 0 Å². The molecule has 0 fully saturated rings. The summed E-state index contributed by atoms with van der Waals surface area (Å²) in [7, 11) is 0. The molecule has 1 N–H and O–H groups in total. The highest BCUT2D eigenvalue weighted by molar-refractivity contribution is 5.85. The van der Waals surface area contributed by atoms with Gasteiger partial charge in [0.2, 0.25) is 0 Å². The summed E-state index contributed by atoms with van der Waals surface area (Å²) >= 11 is 0. The average Bonchev–Trinajstić information content (AvgIpc) is 2.90. The van der Waals surface area contributed by atoms with Gasteiger partial charge in [0.1, 0.15) is 23.8 Å². The normalized spacial score (nSPS) is 14.1. The van der Waals surface area contributed by atoms with E-state index in [0.717, 1.165) is 43.3 Å². The monoisotopic (exact) mass is 301 g/mol. The Morgan fingerprint density at radius 1 is 1.14 bits per heavy atom. The third kappa shape index (κ3) is 2.09. The van der Waals surface area contributed by atoms with Gasteiger partial charge >= 0.3 is 0 Å². The zero-order valence-electron chi connectivity index (χ0n) is 11.7. The maximum Gasteiger partial charge on any atom is 0.165 e. The average molecular weight is 301 g/mol. The van der Waals surface area contributed by atoms with Crippen molar-refractivity contribution in [2.75, 3.05) is 5.32 Å². The first kappa shape index (κ1) is 13.1. The zero-order chi connectivity index (χ0) is 15.1. The Morgan fingerprint density at radius 3 is 2.91 bits per heavy atom. The Labute approximate surface area is 125 Å². The topological polar surface area (TPSA) is 55.6 Å². The van der Waals surface area contributed by atoms with Crippen LogP contribution in [0.4, 0.5) is 20.3 Å². The van der Waals surface area contributed by atoms with Crippen molar-refractivity contribution in [3.63, 3.8) is 0 Å². The Hall–Kier alpha value is -2.57. The number of imidazole rings is 1.